The third-order valence-electron chi connectivity index (χ3n) is 2.84. The van der Waals surface area contributed by atoms with Gasteiger partial charge >= 0.3 is 0 Å². The predicted octanol–water partition coefficient (Wildman–Crippen LogP) is 2.89. The molecule has 1 atom stereocenters. The molecule has 1 aromatic carbocycles. The minimum Gasteiger partial charge on any atom is -0.507 e. The molecular weight excluding hydrogens is 242 g/mol. The maximum atomic E-state index is 9.50. The number of hydrogen-bond acceptors (Lipinski definition) is 2. The van der Waals surface area contributed by atoms with Gasteiger partial charge in [0.1, 0.15) is 5.75 Å². The van der Waals surface area contributed by atoms with Crippen LogP contribution in [0.15, 0.2) is 16.6 Å². The first kappa shape index (κ1) is 9.99. The highest BCUT2D eigenvalue weighted by Gasteiger charge is 2.19. The van der Waals surface area contributed by atoms with Crippen molar-refractivity contribution in [2.45, 2.75) is 25.8 Å². The molecule has 2 rings (SSSR count). The third-order valence-corrected chi connectivity index (χ3v) is 3.84. The first-order chi connectivity index (χ1) is 6.70. The molecule has 0 radical (unpaired) electrons. The summed E-state index contributed by atoms with van der Waals surface area (Å²) in [6, 6.07) is 4.23. The number of rotatable bonds is 1. The van der Waals surface area contributed by atoms with Crippen molar-refractivity contribution in [2.75, 3.05) is 6.54 Å². The van der Waals surface area contributed by atoms with Gasteiger partial charge in [-0.3, -0.25) is 0 Å². The van der Waals surface area contributed by atoms with Crippen LogP contribution in [0.2, 0.25) is 0 Å². The largest absolute Gasteiger partial charge is 0.507 e. The SMILES string of the molecule is Cc1c(C2CCCN2)ccc(O)c1Br. The molecule has 1 fully saturated rings. The number of aromatic hydroxyl groups is 1. The fourth-order valence-electron chi connectivity index (χ4n) is 2.01. The first-order valence-electron chi connectivity index (χ1n) is 4.91. The highest BCUT2D eigenvalue weighted by molar-refractivity contribution is 9.10. The number of benzene rings is 1. The fourth-order valence-corrected chi connectivity index (χ4v) is 2.37. The lowest BCUT2D eigenvalue weighted by Crippen LogP contribution is -2.14. The van der Waals surface area contributed by atoms with E-state index < -0.39 is 0 Å². The van der Waals surface area contributed by atoms with E-state index in [1.165, 1.54) is 18.4 Å². The van der Waals surface area contributed by atoms with Crippen LogP contribution in [-0.4, -0.2) is 11.7 Å². The summed E-state index contributed by atoms with van der Waals surface area (Å²) >= 11 is 3.40. The number of nitrogens with one attached hydrogen (secondary N) is 1. The van der Waals surface area contributed by atoms with Crippen LogP contribution in [-0.2, 0) is 0 Å². The summed E-state index contributed by atoms with van der Waals surface area (Å²) < 4.78 is 0.823. The van der Waals surface area contributed by atoms with Crippen LogP contribution in [0.5, 0.6) is 5.75 Å². The van der Waals surface area contributed by atoms with Gasteiger partial charge in [-0.05, 0) is 59.4 Å². The van der Waals surface area contributed by atoms with Gasteiger partial charge in [0.05, 0.1) is 4.47 Å². The van der Waals surface area contributed by atoms with Crippen LogP contribution < -0.4 is 5.32 Å². The lowest BCUT2D eigenvalue weighted by atomic mass is 10.00. The minimum absolute atomic E-state index is 0.323. The highest BCUT2D eigenvalue weighted by Crippen LogP contribution is 2.34. The van der Waals surface area contributed by atoms with E-state index >= 15 is 0 Å². The normalized spacial score (nSPS) is 21.4. The Labute approximate surface area is 92.5 Å². The van der Waals surface area contributed by atoms with Crippen LogP contribution in [0.1, 0.15) is 30.0 Å². The van der Waals surface area contributed by atoms with Gasteiger partial charge in [-0.15, -0.1) is 0 Å². The molecule has 3 heteroatoms. The van der Waals surface area contributed by atoms with Gasteiger partial charge in [0.15, 0.2) is 0 Å². The molecule has 1 aliphatic rings. The summed E-state index contributed by atoms with van der Waals surface area (Å²) in [5.74, 6) is 0.323. The van der Waals surface area contributed by atoms with E-state index in [2.05, 4.69) is 21.2 Å². The Morgan fingerprint density at radius 1 is 1.50 bits per heavy atom. The summed E-state index contributed by atoms with van der Waals surface area (Å²) in [7, 11) is 0. The second-order valence-corrected chi connectivity index (χ2v) is 4.55. The average molecular weight is 256 g/mol. The maximum absolute atomic E-state index is 9.50. The van der Waals surface area contributed by atoms with Gasteiger partial charge < -0.3 is 10.4 Å². The zero-order valence-electron chi connectivity index (χ0n) is 8.18. The summed E-state index contributed by atoms with van der Waals surface area (Å²) in [5, 5.41) is 13.0. The molecule has 14 heavy (non-hydrogen) atoms. The topological polar surface area (TPSA) is 32.3 Å². The van der Waals surface area contributed by atoms with Crippen LogP contribution >= 0.6 is 15.9 Å². The zero-order valence-corrected chi connectivity index (χ0v) is 9.76. The van der Waals surface area contributed by atoms with Crippen LogP contribution in [0.25, 0.3) is 0 Å². The van der Waals surface area contributed by atoms with Crippen molar-refractivity contribution in [3.63, 3.8) is 0 Å². The molecule has 76 valence electrons. The monoisotopic (exact) mass is 255 g/mol. The minimum atomic E-state index is 0.323. The van der Waals surface area contributed by atoms with E-state index in [-0.39, 0.29) is 0 Å². The fraction of sp³-hybridized carbons (Fsp3) is 0.455. The summed E-state index contributed by atoms with van der Waals surface area (Å²) in [6.07, 6.45) is 2.43. The molecule has 2 N–H and O–H groups in total. The molecule has 1 aliphatic heterocycles. The zero-order chi connectivity index (χ0) is 10.1. The van der Waals surface area contributed by atoms with E-state index in [4.69, 9.17) is 0 Å². The smallest absolute Gasteiger partial charge is 0.130 e. The van der Waals surface area contributed by atoms with Crippen molar-refractivity contribution >= 4 is 15.9 Å². The Kier molecular flexibility index (Phi) is 2.79. The Morgan fingerprint density at radius 3 is 2.93 bits per heavy atom. The van der Waals surface area contributed by atoms with Gasteiger partial charge in [-0.1, -0.05) is 6.07 Å². The van der Waals surface area contributed by atoms with Gasteiger partial charge in [0.25, 0.3) is 0 Å². The van der Waals surface area contributed by atoms with Gasteiger partial charge in [-0.2, -0.15) is 0 Å². The van der Waals surface area contributed by atoms with Crippen molar-refractivity contribution < 1.29 is 5.11 Å². The Hall–Kier alpha value is -0.540. The molecule has 0 bridgehead atoms. The second kappa shape index (κ2) is 3.91. The Morgan fingerprint density at radius 2 is 2.29 bits per heavy atom. The maximum Gasteiger partial charge on any atom is 0.130 e. The highest BCUT2D eigenvalue weighted by atomic mass is 79.9. The van der Waals surface area contributed by atoms with E-state index in [0.29, 0.717) is 11.8 Å². The summed E-state index contributed by atoms with van der Waals surface area (Å²) in [4.78, 5) is 0. The van der Waals surface area contributed by atoms with E-state index in [0.717, 1.165) is 16.6 Å². The molecule has 1 aromatic rings. The second-order valence-electron chi connectivity index (χ2n) is 3.76. The van der Waals surface area contributed by atoms with Crippen molar-refractivity contribution in [3.8, 4) is 5.75 Å². The van der Waals surface area contributed by atoms with E-state index in [1.807, 2.05) is 13.0 Å². The molecule has 0 amide bonds. The summed E-state index contributed by atoms with van der Waals surface area (Å²) in [5.41, 5.74) is 2.44. The Balaban J connectivity index is 2.38. The third kappa shape index (κ3) is 1.66. The van der Waals surface area contributed by atoms with Gasteiger partial charge in [0, 0.05) is 6.04 Å². The number of phenols is 1. The predicted molar refractivity (Wildman–Crippen MR) is 60.5 cm³/mol. The molecule has 2 nitrogen and oxygen atoms in total. The number of phenolic OH excluding ortho intramolecular Hbond substituents is 1. The van der Waals surface area contributed by atoms with Crippen molar-refractivity contribution in [1.29, 1.82) is 0 Å². The van der Waals surface area contributed by atoms with Crippen LogP contribution in [0.4, 0.5) is 0 Å². The van der Waals surface area contributed by atoms with Crippen molar-refractivity contribution in [1.82, 2.24) is 5.32 Å². The van der Waals surface area contributed by atoms with Crippen molar-refractivity contribution in [3.05, 3.63) is 27.7 Å². The molecule has 0 saturated carbocycles. The number of hydrogen-bond donors (Lipinski definition) is 2. The van der Waals surface area contributed by atoms with E-state index in [9.17, 15) is 5.11 Å². The quantitative estimate of drug-likeness (QED) is 0.809. The van der Waals surface area contributed by atoms with Crippen LogP contribution in [0.3, 0.4) is 0 Å². The summed E-state index contributed by atoms with van der Waals surface area (Å²) in [6.45, 7) is 3.14. The van der Waals surface area contributed by atoms with Crippen molar-refractivity contribution in [2.24, 2.45) is 0 Å². The molecular formula is C11H14BrNO. The lowest BCUT2D eigenvalue weighted by molar-refractivity contribution is 0.470. The van der Waals surface area contributed by atoms with Gasteiger partial charge in [-0.25, -0.2) is 0 Å². The molecule has 1 heterocycles. The van der Waals surface area contributed by atoms with E-state index in [1.54, 1.807) is 6.07 Å². The molecule has 0 spiro atoms. The Bertz CT molecular complexity index is 345. The molecule has 1 unspecified atom stereocenters. The average Bonchev–Trinajstić information content (AvgIpc) is 2.67. The van der Waals surface area contributed by atoms with Gasteiger partial charge in [0.2, 0.25) is 0 Å². The lowest BCUT2D eigenvalue weighted by Gasteiger charge is -2.15. The molecule has 1 saturated heterocycles. The number of halogens is 1. The van der Waals surface area contributed by atoms with Crippen LogP contribution in [0, 0.1) is 6.92 Å². The first-order valence-corrected chi connectivity index (χ1v) is 5.71. The molecule has 0 aromatic heterocycles. The standard InChI is InChI=1S/C11H14BrNO/c1-7-8(9-3-2-6-13-9)4-5-10(14)11(7)12/h4-5,9,13-14H,2-3,6H2,1H3. The molecule has 0 aliphatic carbocycles.